The van der Waals surface area contributed by atoms with E-state index in [4.69, 9.17) is 14.2 Å². The molecule has 29 heavy (non-hydrogen) atoms. The molecule has 0 spiro atoms. The number of ether oxygens (including phenoxy) is 3. The van der Waals surface area contributed by atoms with Crippen LogP contribution in [0.3, 0.4) is 0 Å². The van der Waals surface area contributed by atoms with Crippen molar-refractivity contribution in [1.82, 2.24) is 5.32 Å². The predicted molar refractivity (Wildman–Crippen MR) is 105 cm³/mol. The van der Waals surface area contributed by atoms with Gasteiger partial charge in [-0.1, -0.05) is 42.5 Å². The van der Waals surface area contributed by atoms with Crippen LogP contribution < -0.4 is 10.1 Å². The summed E-state index contributed by atoms with van der Waals surface area (Å²) in [6.45, 7) is 5.22. The highest BCUT2D eigenvalue weighted by atomic mass is 16.6. The van der Waals surface area contributed by atoms with Crippen molar-refractivity contribution in [3.05, 3.63) is 65.7 Å². The number of carbonyl (C=O) groups is 2. The molecule has 0 radical (unpaired) electrons. The van der Waals surface area contributed by atoms with Crippen LogP contribution in [0.4, 0.5) is 0 Å². The quantitative estimate of drug-likeness (QED) is 0.747. The van der Waals surface area contributed by atoms with Gasteiger partial charge in [0.1, 0.15) is 11.4 Å². The summed E-state index contributed by atoms with van der Waals surface area (Å²) in [5.41, 5.74) is -1.44. The average Bonchev–Trinajstić information content (AvgIpc) is 3.10. The Morgan fingerprint density at radius 1 is 1.07 bits per heavy atom. The minimum absolute atomic E-state index is 0.428. The molecular formula is C22H25NO6. The van der Waals surface area contributed by atoms with E-state index in [0.29, 0.717) is 16.9 Å². The average molecular weight is 399 g/mol. The Balaban J connectivity index is 2.09. The van der Waals surface area contributed by atoms with E-state index >= 15 is 0 Å². The summed E-state index contributed by atoms with van der Waals surface area (Å²) in [7, 11) is 1.54. The molecule has 1 heterocycles. The Morgan fingerprint density at radius 3 is 2.21 bits per heavy atom. The number of methoxy groups -OCH3 is 1. The zero-order valence-electron chi connectivity index (χ0n) is 16.8. The molecule has 2 aromatic carbocycles. The molecule has 1 saturated heterocycles. The van der Waals surface area contributed by atoms with Crippen molar-refractivity contribution in [3.8, 4) is 5.75 Å². The Morgan fingerprint density at radius 2 is 1.69 bits per heavy atom. The van der Waals surface area contributed by atoms with Crippen LogP contribution in [0.2, 0.25) is 0 Å². The maximum absolute atomic E-state index is 13.2. The molecule has 2 N–H and O–H groups in total. The van der Waals surface area contributed by atoms with Crippen molar-refractivity contribution in [2.45, 2.75) is 44.2 Å². The molecule has 0 amide bonds. The van der Waals surface area contributed by atoms with Crippen molar-refractivity contribution in [2.75, 3.05) is 7.11 Å². The molecule has 7 heteroatoms. The normalized spacial score (nSPS) is 24.1. The first-order chi connectivity index (χ1) is 13.7. The Bertz CT molecular complexity index is 874. The third kappa shape index (κ3) is 4.26. The predicted octanol–water partition coefficient (Wildman–Crippen LogP) is 3.00. The molecule has 1 aliphatic heterocycles. The maximum atomic E-state index is 13.2. The number of hydrogen-bond donors (Lipinski definition) is 2. The molecule has 0 aromatic heterocycles. The number of hydrogen-bond acceptors (Lipinski definition) is 6. The first-order valence-corrected chi connectivity index (χ1v) is 9.27. The van der Waals surface area contributed by atoms with E-state index in [1.807, 2.05) is 6.07 Å². The van der Waals surface area contributed by atoms with Gasteiger partial charge in [0.05, 0.1) is 13.2 Å². The van der Waals surface area contributed by atoms with E-state index in [2.05, 4.69) is 5.32 Å². The van der Waals surface area contributed by atoms with Crippen LogP contribution in [0.25, 0.3) is 0 Å². The highest BCUT2D eigenvalue weighted by molar-refractivity contribution is 5.84. The van der Waals surface area contributed by atoms with Gasteiger partial charge in [-0.3, -0.25) is 5.32 Å². The number of esters is 1. The number of nitrogens with one attached hydrogen (secondary N) is 1. The van der Waals surface area contributed by atoms with Crippen molar-refractivity contribution in [3.63, 3.8) is 0 Å². The van der Waals surface area contributed by atoms with Gasteiger partial charge in [0.2, 0.25) is 5.72 Å². The van der Waals surface area contributed by atoms with Gasteiger partial charge in [0.25, 0.3) is 0 Å². The second-order valence-electron chi connectivity index (χ2n) is 7.82. The van der Waals surface area contributed by atoms with Crippen LogP contribution >= 0.6 is 0 Å². The molecule has 0 bridgehead atoms. The van der Waals surface area contributed by atoms with E-state index in [1.54, 1.807) is 69.3 Å². The summed E-state index contributed by atoms with van der Waals surface area (Å²) in [4.78, 5) is 25.2. The number of carbonyl (C=O) groups excluding carboxylic acids is 1. The van der Waals surface area contributed by atoms with Crippen LogP contribution in [0.15, 0.2) is 54.6 Å². The van der Waals surface area contributed by atoms with Crippen molar-refractivity contribution in [1.29, 1.82) is 0 Å². The topological polar surface area (TPSA) is 94.1 Å². The van der Waals surface area contributed by atoms with E-state index in [1.165, 1.54) is 7.11 Å². The van der Waals surface area contributed by atoms with Crippen LogP contribution in [-0.4, -0.2) is 35.9 Å². The van der Waals surface area contributed by atoms with Crippen LogP contribution in [0, 0.1) is 0 Å². The zero-order chi connectivity index (χ0) is 21.2. The molecule has 2 aromatic rings. The fraction of sp³-hybridized carbons (Fsp3) is 0.364. The Kier molecular flexibility index (Phi) is 5.64. The monoisotopic (exact) mass is 399 g/mol. The second-order valence-corrected chi connectivity index (χ2v) is 7.82. The molecule has 0 unspecified atom stereocenters. The summed E-state index contributed by atoms with van der Waals surface area (Å²) >= 11 is 0. The largest absolute Gasteiger partial charge is 0.497 e. The summed E-state index contributed by atoms with van der Waals surface area (Å²) in [6.07, 6.45) is -1.29. The van der Waals surface area contributed by atoms with Crippen LogP contribution in [0.1, 0.15) is 37.9 Å². The van der Waals surface area contributed by atoms with E-state index in [-0.39, 0.29) is 0 Å². The fourth-order valence-electron chi connectivity index (χ4n) is 3.25. The van der Waals surface area contributed by atoms with Gasteiger partial charge in [0.15, 0.2) is 6.10 Å². The molecule has 1 aliphatic rings. The number of benzene rings is 2. The van der Waals surface area contributed by atoms with E-state index < -0.39 is 35.4 Å². The third-order valence-electron chi connectivity index (χ3n) is 4.55. The number of aliphatic carboxylic acids is 1. The van der Waals surface area contributed by atoms with E-state index in [0.717, 1.165) is 0 Å². The lowest BCUT2D eigenvalue weighted by atomic mass is 9.99. The molecule has 0 saturated carbocycles. The summed E-state index contributed by atoms with van der Waals surface area (Å²) in [6, 6.07) is 14.9. The number of carboxylic acids is 1. The van der Waals surface area contributed by atoms with Gasteiger partial charge >= 0.3 is 11.9 Å². The van der Waals surface area contributed by atoms with Gasteiger partial charge < -0.3 is 19.3 Å². The van der Waals surface area contributed by atoms with Crippen molar-refractivity contribution >= 4 is 11.9 Å². The second kappa shape index (κ2) is 7.85. The fourth-order valence-corrected chi connectivity index (χ4v) is 3.25. The smallest absolute Gasteiger partial charge is 0.359 e. The maximum Gasteiger partial charge on any atom is 0.359 e. The lowest BCUT2D eigenvalue weighted by Gasteiger charge is -2.31. The highest BCUT2D eigenvalue weighted by Gasteiger charge is 2.57. The molecular weight excluding hydrogens is 374 g/mol. The first kappa shape index (κ1) is 20.8. The van der Waals surface area contributed by atoms with Gasteiger partial charge in [0, 0.05) is 5.56 Å². The Hall–Kier alpha value is -2.90. The molecule has 0 aliphatic carbocycles. The summed E-state index contributed by atoms with van der Waals surface area (Å²) < 4.78 is 16.7. The zero-order valence-corrected chi connectivity index (χ0v) is 16.8. The standard InChI is InChI=1S/C22H25NO6/c1-21(2,3)29-20(26)22(15-10-12-16(27-4)13-11-15)23-17(18(28-22)19(24)25)14-8-6-5-7-9-14/h5-13,17-18,23H,1-4H3,(H,24,25)/t17-,18+,22+/m0/s1. The molecule has 1 fully saturated rings. The van der Waals surface area contributed by atoms with Gasteiger partial charge in [-0.15, -0.1) is 0 Å². The van der Waals surface area contributed by atoms with Crippen molar-refractivity contribution in [2.24, 2.45) is 0 Å². The highest BCUT2D eigenvalue weighted by Crippen LogP contribution is 2.40. The van der Waals surface area contributed by atoms with Crippen LogP contribution in [-0.2, 0) is 24.8 Å². The SMILES string of the molecule is COc1ccc([C@@]2(C(=O)OC(C)(C)C)N[C@@H](c3ccccc3)[C@H](C(=O)O)O2)cc1. The first-order valence-electron chi connectivity index (χ1n) is 9.27. The molecule has 3 rings (SSSR count). The number of rotatable bonds is 5. The van der Waals surface area contributed by atoms with Crippen molar-refractivity contribution < 1.29 is 28.9 Å². The minimum Gasteiger partial charge on any atom is -0.497 e. The van der Waals surface area contributed by atoms with Gasteiger partial charge in [-0.25, -0.2) is 9.59 Å². The molecule has 7 nitrogen and oxygen atoms in total. The molecule has 3 atom stereocenters. The van der Waals surface area contributed by atoms with Gasteiger partial charge in [-0.2, -0.15) is 0 Å². The summed E-state index contributed by atoms with van der Waals surface area (Å²) in [5.74, 6) is -1.29. The van der Waals surface area contributed by atoms with E-state index in [9.17, 15) is 14.7 Å². The lowest BCUT2D eigenvalue weighted by molar-refractivity contribution is -0.189. The lowest BCUT2D eigenvalue weighted by Crippen LogP contribution is -2.49. The molecule has 154 valence electrons. The third-order valence-corrected chi connectivity index (χ3v) is 4.55. The minimum atomic E-state index is -1.77. The Labute approximate surface area is 169 Å². The van der Waals surface area contributed by atoms with Gasteiger partial charge in [-0.05, 0) is 38.5 Å². The number of carboxylic acid groups (broad SMARTS) is 1. The van der Waals surface area contributed by atoms with Crippen LogP contribution in [0.5, 0.6) is 5.75 Å². The summed E-state index contributed by atoms with van der Waals surface area (Å²) in [5, 5.41) is 12.9.